The number of ether oxygens (including phenoxy) is 3. The molecule has 6 heteroatoms. The van der Waals surface area contributed by atoms with Crippen molar-refractivity contribution < 1.29 is 23.7 Å². The van der Waals surface area contributed by atoms with Crippen LogP contribution in [0.2, 0.25) is 0 Å². The van der Waals surface area contributed by atoms with Gasteiger partial charge in [-0.3, -0.25) is 4.90 Å². The number of furan rings is 1. The van der Waals surface area contributed by atoms with Crippen LogP contribution in [0, 0.1) is 0 Å². The van der Waals surface area contributed by atoms with Crippen LogP contribution in [0.25, 0.3) is 0 Å². The molecule has 26 heavy (non-hydrogen) atoms. The average molecular weight is 363 g/mol. The summed E-state index contributed by atoms with van der Waals surface area (Å²) < 4.78 is 21.6. The molecule has 6 nitrogen and oxygen atoms in total. The van der Waals surface area contributed by atoms with E-state index in [0.717, 1.165) is 30.0 Å². The van der Waals surface area contributed by atoms with Gasteiger partial charge < -0.3 is 23.7 Å². The number of methoxy groups -OCH3 is 2. The Morgan fingerprint density at radius 1 is 1.15 bits per heavy atom. The van der Waals surface area contributed by atoms with Gasteiger partial charge in [-0.25, -0.2) is 0 Å². The van der Waals surface area contributed by atoms with Crippen LogP contribution in [0.1, 0.15) is 24.7 Å². The smallest absolute Gasteiger partial charge is 0.165 e. The monoisotopic (exact) mass is 363 g/mol. The van der Waals surface area contributed by atoms with E-state index in [2.05, 4.69) is 11.8 Å². The Kier molecular flexibility index (Phi) is 8.47. The Labute approximate surface area is 155 Å². The van der Waals surface area contributed by atoms with E-state index < -0.39 is 6.10 Å². The second kappa shape index (κ2) is 10.9. The molecule has 0 amide bonds. The zero-order valence-corrected chi connectivity index (χ0v) is 15.8. The van der Waals surface area contributed by atoms with Gasteiger partial charge in [0.15, 0.2) is 11.5 Å². The Balaban J connectivity index is 1.91. The maximum Gasteiger partial charge on any atom is 0.165 e. The minimum Gasteiger partial charge on any atom is -0.493 e. The molecule has 1 aromatic heterocycles. The van der Waals surface area contributed by atoms with Crippen molar-refractivity contribution in [1.29, 1.82) is 0 Å². The third-order valence-electron chi connectivity index (χ3n) is 4.02. The number of hydrogen-bond acceptors (Lipinski definition) is 6. The largest absolute Gasteiger partial charge is 0.493 e. The van der Waals surface area contributed by atoms with Gasteiger partial charge in [-0.2, -0.15) is 0 Å². The van der Waals surface area contributed by atoms with Crippen molar-refractivity contribution in [2.75, 3.05) is 33.9 Å². The quantitative estimate of drug-likeness (QED) is 0.625. The van der Waals surface area contributed by atoms with E-state index in [-0.39, 0.29) is 6.61 Å². The summed E-state index contributed by atoms with van der Waals surface area (Å²) >= 11 is 0. The Hall–Kier alpha value is -2.02. The summed E-state index contributed by atoms with van der Waals surface area (Å²) in [6, 6.07) is 9.52. The van der Waals surface area contributed by atoms with Crippen molar-refractivity contribution in [2.45, 2.75) is 32.6 Å². The van der Waals surface area contributed by atoms with Crippen molar-refractivity contribution in [3.05, 3.63) is 47.9 Å². The lowest BCUT2D eigenvalue weighted by molar-refractivity contribution is 0.00377. The second-order valence-corrected chi connectivity index (χ2v) is 6.14. The third kappa shape index (κ3) is 6.05. The zero-order valence-electron chi connectivity index (χ0n) is 15.8. The highest BCUT2D eigenvalue weighted by atomic mass is 16.5. The Bertz CT molecular complexity index is 629. The van der Waals surface area contributed by atoms with Crippen molar-refractivity contribution in [2.24, 2.45) is 0 Å². The molecule has 0 radical (unpaired) electrons. The van der Waals surface area contributed by atoms with Gasteiger partial charge in [0, 0.05) is 18.7 Å². The molecule has 0 saturated heterocycles. The number of aliphatic hydroxyl groups excluding tert-OH is 1. The molecule has 2 rings (SSSR count). The molecule has 1 N–H and O–H groups in total. The summed E-state index contributed by atoms with van der Waals surface area (Å²) in [5.41, 5.74) is 1.03. The predicted octanol–water partition coefficient (Wildman–Crippen LogP) is 3.09. The summed E-state index contributed by atoms with van der Waals surface area (Å²) in [7, 11) is 3.27. The molecule has 2 aromatic rings. The van der Waals surface area contributed by atoms with E-state index in [1.807, 2.05) is 30.3 Å². The SMILES string of the molecule is CCCN(Cc1cccc(OC)c1OC)CC(O)COCc1ccco1. The molecule has 144 valence electrons. The number of nitrogens with zero attached hydrogens (tertiary/aromatic N) is 1. The van der Waals surface area contributed by atoms with Crippen LogP contribution in [-0.2, 0) is 17.9 Å². The lowest BCUT2D eigenvalue weighted by Crippen LogP contribution is -2.35. The lowest BCUT2D eigenvalue weighted by atomic mass is 10.1. The zero-order chi connectivity index (χ0) is 18.8. The van der Waals surface area contributed by atoms with Gasteiger partial charge in [0.2, 0.25) is 0 Å². The maximum atomic E-state index is 10.3. The summed E-state index contributed by atoms with van der Waals surface area (Å²) in [4.78, 5) is 2.19. The second-order valence-electron chi connectivity index (χ2n) is 6.14. The fourth-order valence-electron chi connectivity index (χ4n) is 2.91. The summed E-state index contributed by atoms with van der Waals surface area (Å²) in [6.07, 6.45) is 2.03. The van der Waals surface area contributed by atoms with Crippen LogP contribution < -0.4 is 9.47 Å². The molecular weight excluding hydrogens is 334 g/mol. The predicted molar refractivity (Wildman–Crippen MR) is 99.5 cm³/mol. The molecule has 1 unspecified atom stereocenters. The number of benzene rings is 1. The van der Waals surface area contributed by atoms with E-state index in [1.165, 1.54) is 0 Å². The van der Waals surface area contributed by atoms with Gasteiger partial charge in [0.25, 0.3) is 0 Å². The topological polar surface area (TPSA) is 64.3 Å². The fraction of sp³-hybridized carbons (Fsp3) is 0.500. The van der Waals surface area contributed by atoms with Crippen LogP contribution in [0.15, 0.2) is 41.0 Å². The first-order valence-electron chi connectivity index (χ1n) is 8.88. The maximum absolute atomic E-state index is 10.3. The van der Waals surface area contributed by atoms with Gasteiger partial charge in [0.1, 0.15) is 12.4 Å². The standard InChI is InChI=1S/C20H29NO5/c1-4-10-21(12-16-7-5-9-19(23-2)20(16)24-3)13-17(22)14-25-15-18-8-6-11-26-18/h5-9,11,17,22H,4,10,12-15H2,1-3H3. The van der Waals surface area contributed by atoms with E-state index in [1.54, 1.807) is 20.5 Å². The molecule has 1 heterocycles. The number of rotatable bonds is 12. The first-order chi connectivity index (χ1) is 12.7. The van der Waals surface area contributed by atoms with Crippen LogP contribution in [0.3, 0.4) is 0 Å². The van der Waals surface area contributed by atoms with Crippen LogP contribution in [-0.4, -0.2) is 50.0 Å². The minimum absolute atomic E-state index is 0.260. The molecule has 1 aromatic carbocycles. The third-order valence-corrected chi connectivity index (χ3v) is 4.02. The number of hydrogen-bond donors (Lipinski definition) is 1. The Morgan fingerprint density at radius 3 is 2.65 bits per heavy atom. The first-order valence-corrected chi connectivity index (χ1v) is 8.88. The van der Waals surface area contributed by atoms with Gasteiger partial charge >= 0.3 is 0 Å². The van der Waals surface area contributed by atoms with Gasteiger partial charge in [-0.05, 0) is 31.2 Å². The van der Waals surface area contributed by atoms with Crippen LogP contribution >= 0.6 is 0 Å². The van der Waals surface area contributed by atoms with Crippen molar-refractivity contribution in [3.8, 4) is 11.5 Å². The van der Waals surface area contributed by atoms with Crippen molar-refractivity contribution in [1.82, 2.24) is 4.90 Å². The molecule has 0 aliphatic heterocycles. The van der Waals surface area contributed by atoms with Crippen LogP contribution in [0.5, 0.6) is 11.5 Å². The highest BCUT2D eigenvalue weighted by Gasteiger charge is 2.16. The highest BCUT2D eigenvalue weighted by molar-refractivity contribution is 5.46. The molecular formula is C20H29NO5. The summed E-state index contributed by atoms with van der Waals surface area (Å²) in [5.74, 6) is 2.20. The van der Waals surface area contributed by atoms with Gasteiger partial charge in [0.05, 0.1) is 33.2 Å². The summed E-state index contributed by atoms with van der Waals surface area (Å²) in [6.45, 7) is 4.80. The van der Waals surface area contributed by atoms with E-state index in [9.17, 15) is 5.11 Å². The van der Waals surface area contributed by atoms with Crippen molar-refractivity contribution in [3.63, 3.8) is 0 Å². The van der Waals surface area contributed by atoms with Gasteiger partial charge in [-0.1, -0.05) is 19.1 Å². The van der Waals surface area contributed by atoms with E-state index in [4.69, 9.17) is 18.6 Å². The normalized spacial score (nSPS) is 12.3. The summed E-state index contributed by atoms with van der Waals surface area (Å²) in [5, 5.41) is 10.3. The fourth-order valence-corrected chi connectivity index (χ4v) is 2.91. The average Bonchev–Trinajstić information content (AvgIpc) is 3.15. The molecule has 1 atom stereocenters. The Morgan fingerprint density at radius 2 is 2.00 bits per heavy atom. The van der Waals surface area contributed by atoms with Crippen LogP contribution in [0.4, 0.5) is 0 Å². The highest BCUT2D eigenvalue weighted by Crippen LogP contribution is 2.31. The molecule has 0 fully saturated rings. The first kappa shape index (κ1) is 20.3. The molecule has 0 spiro atoms. The lowest BCUT2D eigenvalue weighted by Gasteiger charge is -2.25. The number of aliphatic hydroxyl groups is 1. The van der Waals surface area contributed by atoms with E-state index >= 15 is 0 Å². The molecule has 0 saturated carbocycles. The minimum atomic E-state index is -0.576. The number of para-hydroxylation sites is 1. The van der Waals surface area contributed by atoms with E-state index in [0.29, 0.717) is 25.4 Å². The van der Waals surface area contributed by atoms with Gasteiger partial charge in [-0.15, -0.1) is 0 Å². The molecule has 0 aliphatic carbocycles. The molecule has 0 bridgehead atoms. The van der Waals surface area contributed by atoms with Crippen molar-refractivity contribution >= 4 is 0 Å². The molecule has 0 aliphatic rings.